The molecule has 1 aromatic carbocycles. The van der Waals surface area contributed by atoms with Crippen molar-refractivity contribution in [3.63, 3.8) is 0 Å². The summed E-state index contributed by atoms with van der Waals surface area (Å²) < 4.78 is 10.6. The van der Waals surface area contributed by atoms with Gasteiger partial charge < -0.3 is 14.6 Å². The molecule has 3 nitrogen and oxygen atoms in total. The average molecular weight is 208 g/mol. The molecule has 0 aliphatic carbocycles. The van der Waals surface area contributed by atoms with Crippen LogP contribution in [-0.4, -0.2) is 18.2 Å². The molecular weight excluding hydrogens is 192 g/mol. The van der Waals surface area contributed by atoms with Crippen LogP contribution >= 0.6 is 0 Å². The summed E-state index contributed by atoms with van der Waals surface area (Å²) in [5, 5.41) is 10.2. The van der Waals surface area contributed by atoms with Gasteiger partial charge in [-0.05, 0) is 18.1 Å². The molecule has 0 saturated carbocycles. The summed E-state index contributed by atoms with van der Waals surface area (Å²) in [6.07, 6.45) is 0.730. The summed E-state index contributed by atoms with van der Waals surface area (Å²) in [6.45, 7) is 3.85. The quantitative estimate of drug-likeness (QED) is 0.717. The first-order chi connectivity index (χ1) is 6.98. The number of para-hydroxylation sites is 1. The van der Waals surface area contributed by atoms with E-state index in [0.717, 1.165) is 12.0 Å². The zero-order valence-electron chi connectivity index (χ0n) is 9.28. The molecule has 0 spiro atoms. The number of hydrogen-bond donors (Lipinski definition) is 1. The highest BCUT2D eigenvalue weighted by molar-refractivity contribution is 5.36. The minimum atomic E-state index is -1.54. The van der Waals surface area contributed by atoms with E-state index in [1.807, 2.05) is 38.1 Å². The molecule has 1 heterocycles. The number of ether oxygens (including phenoxy) is 2. The van der Waals surface area contributed by atoms with E-state index in [1.165, 1.54) is 7.11 Å². The van der Waals surface area contributed by atoms with Crippen LogP contribution in [0.25, 0.3) is 0 Å². The van der Waals surface area contributed by atoms with Gasteiger partial charge in [-0.1, -0.05) is 32.0 Å². The molecule has 0 amide bonds. The third-order valence-corrected chi connectivity index (χ3v) is 2.99. The number of aliphatic hydroxyl groups is 1. The van der Waals surface area contributed by atoms with Gasteiger partial charge >= 0.3 is 5.97 Å². The Morgan fingerprint density at radius 3 is 2.67 bits per heavy atom. The van der Waals surface area contributed by atoms with Gasteiger partial charge in [0.05, 0.1) is 5.41 Å². The van der Waals surface area contributed by atoms with E-state index in [9.17, 15) is 5.11 Å². The Hall–Kier alpha value is -1.06. The van der Waals surface area contributed by atoms with Crippen LogP contribution in [0.1, 0.15) is 19.4 Å². The zero-order chi connectivity index (χ0) is 11.1. The lowest BCUT2D eigenvalue weighted by Crippen LogP contribution is -2.54. The van der Waals surface area contributed by atoms with Gasteiger partial charge in [0.1, 0.15) is 5.75 Å². The molecule has 1 aliphatic heterocycles. The highest BCUT2D eigenvalue weighted by atomic mass is 16.8. The Morgan fingerprint density at radius 2 is 2.00 bits per heavy atom. The van der Waals surface area contributed by atoms with Crippen molar-refractivity contribution in [2.24, 2.45) is 5.41 Å². The smallest absolute Gasteiger partial charge is 0.329 e. The van der Waals surface area contributed by atoms with Gasteiger partial charge in [0, 0.05) is 7.11 Å². The molecule has 0 aromatic heterocycles. The van der Waals surface area contributed by atoms with Crippen LogP contribution in [0.5, 0.6) is 5.75 Å². The normalized spacial score (nSPS) is 28.0. The average Bonchev–Trinajstić information content (AvgIpc) is 2.19. The van der Waals surface area contributed by atoms with Crippen molar-refractivity contribution in [3.05, 3.63) is 29.8 Å². The highest BCUT2D eigenvalue weighted by Gasteiger charge is 2.50. The van der Waals surface area contributed by atoms with Gasteiger partial charge in [-0.2, -0.15) is 0 Å². The summed E-state index contributed by atoms with van der Waals surface area (Å²) in [5.74, 6) is -0.845. The number of benzene rings is 1. The van der Waals surface area contributed by atoms with Gasteiger partial charge in [-0.25, -0.2) is 0 Å². The molecule has 15 heavy (non-hydrogen) atoms. The molecule has 0 radical (unpaired) electrons. The number of rotatable bonds is 1. The predicted octanol–water partition coefficient (Wildman–Crippen LogP) is 1.94. The topological polar surface area (TPSA) is 38.7 Å². The molecule has 82 valence electrons. The van der Waals surface area contributed by atoms with E-state index in [-0.39, 0.29) is 0 Å². The molecular formula is C12H16O3. The molecule has 1 aromatic rings. The Bertz CT molecular complexity index is 373. The van der Waals surface area contributed by atoms with Gasteiger partial charge in [-0.15, -0.1) is 0 Å². The second kappa shape index (κ2) is 3.22. The second-order valence-corrected chi connectivity index (χ2v) is 4.56. The molecule has 0 saturated heterocycles. The minimum absolute atomic E-state index is 0.462. The lowest BCUT2D eigenvalue weighted by Gasteiger charge is -2.44. The Kier molecular flexibility index (Phi) is 2.24. The lowest BCUT2D eigenvalue weighted by atomic mass is 9.81. The fourth-order valence-electron chi connectivity index (χ4n) is 1.94. The number of methoxy groups -OCH3 is 1. The van der Waals surface area contributed by atoms with Crippen molar-refractivity contribution in [3.8, 4) is 5.75 Å². The summed E-state index contributed by atoms with van der Waals surface area (Å²) >= 11 is 0. The van der Waals surface area contributed by atoms with E-state index >= 15 is 0 Å². The third-order valence-electron chi connectivity index (χ3n) is 2.99. The van der Waals surface area contributed by atoms with E-state index in [1.54, 1.807) is 0 Å². The fourth-order valence-corrected chi connectivity index (χ4v) is 1.94. The Labute approximate surface area is 89.6 Å². The number of hydrogen-bond acceptors (Lipinski definition) is 3. The van der Waals surface area contributed by atoms with E-state index < -0.39 is 11.4 Å². The largest absolute Gasteiger partial charge is 0.438 e. The molecule has 3 heteroatoms. The van der Waals surface area contributed by atoms with E-state index in [4.69, 9.17) is 9.47 Å². The summed E-state index contributed by atoms with van der Waals surface area (Å²) in [6, 6.07) is 7.70. The molecule has 0 bridgehead atoms. The van der Waals surface area contributed by atoms with Crippen molar-refractivity contribution < 1.29 is 14.6 Å². The fraction of sp³-hybridized carbons (Fsp3) is 0.500. The maximum atomic E-state index is 10.2. The summed E-state index contributed by atoms with van der Waals surface area (Å²) in [7, 11) is 1.45. The third kappa shape index (κ3) is 1.52. The van der Waals surface area contributed by atoms with Gasteiger partial charge in [0.15, 0.2) is 0 Å². The predicted molar refractivity (Wildman–Crippen MR) is 56.5 cm³/mol. The van der Waals surface area contributed by atoms with Crippen LogP contribution in [0, 0.1) is 5.41 Å². The Morgan fingerprint density at radius 1 is 1.33 bits per heavy atom. The Balaban J connectivity index is 2.45. The van der Waals surface area contributed by atoms with Gasteiger partial charge in [-0.3, -0.25) is 0 Å². The van der Waals surface area contributed by atoms with E-state index in [0.29, 0.717) is 5.75 Å². The first-order valence-electron chi connectivity index (χ1n) is 5.03. The van der Waals surface area contributed by atoms with Crippen molar-refractivity contribution in [1.82, 2.24) is 0 Å². The first kappa shape index (κ1) is 10.5. The maximum Gasteiger partial charge on any atom is 0.329 e. The lowest BCUT2D eigenvalue weighted by molar-refractivity contribution is -0.367. The number of fused-ring (bicyclic) bond motifs is 1. The van der Waals surface area contributed by atoms with Crippen molar-refractivity contribution in [2.75, 3.05) is 7.11 Å². The van der Waals surface area contributed by atoms with Crippen LogP contribution < -0.4 is 4.74 Å². The summed E-state index contributed by atoms with van der Waals surface area (Å²) in [5.41, 5.74) is 0.639. The van der Waals surface area contributed by atoms with Crippen LogP contribution in [-0.2, 0) is 11.2 Å². The van der Waals surface area contributed by atoms with Crippen molar-refractivity contribution in [2.45, 2.75) is 26.2 Å². The van der Waals surface area contributed by atoms with Gasteiger partial charge in [0.2, 0.25) is 0 Å². The first-order valence-corrected chi connectivity index (χ1v) is 5.03. The monoisotopic (exact) mass is 208 g/mol. The molecule has 1 atom stereocenters. The molecule has 1 aliphatic rings. The minimum Gasteiger partial charge on any atom is -0.438 e. The molecule has 2 rings (SSSR count). The molecule has 0 fully saturated rings. The summed E-state index contributed by atoms with van der Waals surface area (Å²) in [4.78, 5) is 0. The van der Waals surface area contributed by atoms with Crippen LogP contribution in [0.4, 0.5) is 0 Å². The SMILES string of the molecule is COC1(O)Oc2ccccc2CC1(C)C. The maximum absolute atomic E-state index is 10.2. The second-order valence-electron chi connectivity index (χ2n) is 4.56. The van der Waals surface area contributed by atoms with Crippen LogP contribution in [0.3, 0.4) is 0 Å². The van der Waals surface area contributed by atoms with Crippen molar-refractivity contribution in [1.29, 1.82) is 0 Å². The van der Waals surface area contributed by atoms with Gasteiger partial charge in [0.25, 0.3) is 0 Å². The van der Waals surface area contributed by atoms with Crippen LogP contribution in [0.15, 0.2) is 24.3 Å². The molecule has 1 unspecified atom stereocenters. The molecule has 1 N–H and O–H groups in total. The van der Waals surface area contributed by atoms with Crippen molar-refractivity contribution >= 4 is 0 Å². The highest BCUT2D eigenvalue weighted by Crippen LogP contribution is 2.43. The zero-order valence-corrected chi connectivity index (χ0v) is 9.28. The van der Waals surface area contributed by atoms with Crippen LogP contribution in [0.2, 0.25) is 0 Å². The standard InChI is InChI=1S/C12H16O3/c1-11(2)8-9-6-4-5-7-10(9)15-12(11,13)14-3/h4-7,13H,8H2,1-3H3. The van der Waals surface area contributed by atoms with E-state index in [2.05, 4.69) is 0 Å².